The van der Waals surface area contributed by atoms with Crippen LogP contribution < -0.4 is 0 Å². The third-order valence-corrected chi connectivity index (χ3v) is 9.11. The first-order valence-corrected chi connectivity index (χ1v) is 13.6. The van der Waals surface area contributed by atoms with Gasteiger partial charge in [-0.2, -0.15) is 0 Å². The molecule has 0 saturated heterocycles. The molecule has 0 radical (unpaired) electrons. The number of hydrogen-bond acceptors (Lipinski definition) is 3. The number of carbonyl (C=O) groups is 2. The minimum atomic E-state index is -0.851. The van der Waals surface area contributed by atoms with Crippen LogP contribution in [0, 0.1) is 5.92 Å². The van der Waals surface area contributed by atoms with Crippen molar-refractivity contribution in [2.45, 2.75) is 82.7 Å². The Balaban J connectivity index is 0.000000165. The van der Waals surface area contributed by atoms with Crippen LogP contribution in [0.3, 0.4) is 0 Å². The summed E-state index contributed by atoms with van der Waals surface area (Å²) in [5.41, 5.74) is 3.78. The van der Waals surface area contributed by atoms with E-state index < -0.39 is 5.60 Å². The van der Waals surface area contributed by atoms with Crippen molar-refractivity contribution in [3.8, 4) is 0 Å². The molecule has 0 amide bonds. The molecule has 1 fully saturated rings. The minimum Gasteiger partial charge on any atom is -0.389 e. The van der Waals surface area contributed by atoms with Gasteiger partial charge in [-0.25, -0.2) is 0 Å². The van der Waals surface area contributed by atoms with Crippen LogP contribution in [0.25, 0.3) is 0 Å². The summed E-state index contributed by atoms with van der Waals surface area (Å²) < 4.78 is 2.16. The summed E-state index contributed by atoms with van der Waals surface area (Å²) in [6.45, 7) is 5.99. The van der Waals surface area contributed by atoms with Gasteiger partial charge in [0.1, 0.15) is 11.6 Å². The largest absolute Gasteiger partial charge is 0.389 e. The Morgan fingerprint density at radius 2 is 1.64 bits per heavy atom. The van der Waals surface area contributed by atoms with Crippen molar-refractivity contribution in [1.82, 2.24) is 0 Å². The number of halogens is 2. The van der Waals surface area contributed by atoms with Gasteiger partial charge in [0.15, 0.2) is 0 Å². The molecule has 33 heavy (non-hydrogen) atoms. The van der Waals surface area contributed by atoms with E-state index in [1.807, 2.05) is 19.1 Å². The summed E-state index contributed by atoms with van der Waals surface area (Å²) in [5, 5.41) is 10.5. The number of rotatable bonds is 2. The lowest BCUT2D eigenvalue weighted by molar-refractivity contribution is -0.147. The normalized spacial score (nSPS) is 30.1. The van der Waals surface area contributed by atoms with Gasteiger partial charge >= 0.3 is 0 Å². The predicted molar refractivity (Wildman–Crippen MR) is 139 cm³/mol. The van der Waals surface area contributed by atoms with E-state index in [9.17, 15) is 14.7 Å². The van der Waals surface area contributed by atoms with Gasteiger partial charge in [0.2, 0.25) is 0 Å². The summed E-state index contributed by atoms with van der Waals surface area (Å²) in [6.07, 6.45) is 5.52. The number of aryl methyl sites for hydroxylation is 1. The number of Topliss-reactive ketones (excluding diaryl/α,β-unsaturated/α-hetero) is 2. The SMILES string of the molecule is CCC1C(=O)CCc2cc(Br)ccc21.CC[C@]12CCC(C)(O)C(Cc3cc(Br)ccc31)C2=O. The lowest BCUT2D eigenvalue weighted by Gasteiger charge is -2.50. The summed E-state index contributed by atoms with van der Waals surface area (Å²) >= 11 is 6.97. The summed E-state index contributed by atoms with van der Waals surface area (Å²) in [5.74, 6) is 0.554. The number of fused-ring (bicyclic) bond motifs is 5. The molecule has 0 heterocycles. The lowest BCUT2D eigenvalue weighted by Crippen LogP contribution is -2.57. The Morgan fingerprint density at radius 3 is 2.30 bits per heavy atom. The van der Waals surface area contributed by atoms with Gasteiger partial charge in [-0.3, -0.25) is 9.59 Å². The fraction of sp³-hybridized carbons (Fsp3) is 0.500. The molecule has 176 valence electrons. The van der Waals surface area contributed by atoms with Crippen LogP contribution in [0.15, 0.2) is 45.3 Å². The lowest BCUT2D eigenvalue weighted by atomic mass is 9.53. The van der Waals surface area contributed by atoms with Crippen molar-refractivity contribution >= 4 is 43.4 Å². The monoisotopic (exact) mass is 574 g/mol. The second kappa shape index (κ2) is 9.39. The first-order valence-electron chi connectivity index (χ1n) is 12.0. The second-order valence-electron chi connectivity index (χ2n) is 9.99. The first-order chi connectivity index (χ1) is 15.6. The van der Waals surface area contributed by atoms with Gasteiger partial charge in [-0.15, -0.1) is 0 Å². The van der Waals surface area contributed by atoms with Gasteiger partial charge in [-0.1, -0.05) is 57.8 Å². The van der Waals surface area contributed by atoms with Crippen molar-refractivity contribution in [3.63, 3.8) is 0 Å². The number of aliphatic hydroxyl groups is 1. The Kier molecular flexibility index (Phi) is 7.06. The van der Waals surface area contributed by atoms with Gasteiger partial charge in [-0.05, 0) is 92.0 Å². The number of ketones is 2. The van der Waals surface area contributed by atoms with E-state index in [1.54, 1.807) is 0 Å². The van der Waals surface area contributed by atoms with Crippen LogP contribution in [-0.4, -0.2) is 22.3 Å². The van der Waals surface area contributed by atoms with Gasteiger partial charge in [0, 0.05) is 21.3 Å². The second-order valence-corrected chi connectivity index (χ2v) is 11.8. The van der Waals surface area contributed by atoms with E-state index in [0.717, 1.165) is 34.6 Å². The number of benzene rings is 2. The van der Waals surface area contributed by atoms with E-state index >= 15 is 0 Å². The molecule has 0 aromatic heterocycles. The van der Waals surface area contributed by atoms with Crippen molar-refractivity contribution in [3.05, 3.63) is 67.6 Å². The van der Waals surface area contributed by atoms with Gasteiger partial charge in [0.05, 0.1) is 16.9 Å². The quantitative estimate of drug-likeness (QED) is 0.426. The standard InChI is InChI=1S/C16H19BrO2.C12H13BrO/c1-3-16-7-6-15(2,19)13(14(16)18)9-10-8-11(17)4-5-12(10)16;1-2-10-11-5-4-9(13)7-8(11)3-6-12(10)14/h4-5,8,13,19H,3,6-7,9H2,1-2H3;4-5,7,10H,2-3,6H2,1H3/t13?,15?,16-;/m0./s1. The molecule has 1 N–H and O–H groups in total. The molecule has 3 nitrogen and oxygen atoms in total. The molecule has 2 aromatic carbocycles. The molecule has 4 atom stereocenters. The summed E-state index contributed by atoms with van der Waals surface area (Å²) in [4.78, 5) is 24.5. The topological polar surface area (TPSA) is 54.4 Å². The smallest absolute Gasteiger partial charge is 0.149 e. The van der Waals surface area contributed by atoms with Crippen LogP contribution in [0.1, 0.15) is 81.0 Å². The zero-order valence-corrected chi connectivity index (χ0v) is 22.8. The first kappa shape index (κ1) is 24.8. The van der Waals surface area contributed by atoms with E-state index in [4.69, 9.17) is 0 Å². The maximum Gasteiger partial charge on any atom is 0.149 e. The molecule has 5 heteroatoms. The molecule has 3 aliphatic rings. The molecular formula is C28H32Br2O3. The Morgan fingerprint density at radius 1 is 0.970 bits per heavy atom. The Hall–Kier alpha value is -1.30. The fourth-order valence-electron chi connectivity index (χ4n) is 6.10. The van der Waals surface area contributed by atoms with Crippen LogP contribution in [0.2, 0.25) is 0 Å². The van der Waals surface area contributed by atoms with Crippen LogP contribution >= 0.6 is 31.9 Å². The van der Waals surface area contributed by atoms with Gasteiger partial charge in [0.25, 0.3) is 0 Å². The van der Waals surface area contributed by atoms with E-state index in [1.165, 1.54) is 22.3 Å². The zero-order chi connectivity index (χ0) is 24.0. The maximum absolute atomic E-state index is 12.9. The van der Waals surface area contributed by atoms with E-state index in [-0.39, 0.29) is 23.0 Å². The molecule has 0 spiro atoms. The van der Waals surface area contributed by atoms with Crippen molar-refractivity contribution in [2.75, 3.05) is 0 Å². The zero-order valence-electron chi connectivity index (χ0n) is 19.6. The van der Waals surface area contributed by atoms with Crippen LogP contribution in [0.5, 0.6) is 0 Å². The van der Waals surface area contributed by atoms with E-state index in [2.05, 4.69) is 70.0 Å². The molecule has 3 aliphatic carbocycles. The Labute approximate surface area is 213 Å². The van der Waals surface area contributed by atoms with Crippen LogP contribution in [-0.2, 0) is 27.8 Å². The molecular weight excluding hydrogens is 544 g/mol. The Bertz CT molecular complexity index is 1090. The number of hydrogen-bond donors (Lipinski definition) is 1. The molecule has 5 rings (SSSR count). The van der Waals surface area contributed by atoms with E-state index in [0.29, 0.717) is 25.0 Å². The molecule has 2 aromatic rings. The van der Waals surface area contributed by atoms with Crippen molar-refractivity contribution in [2.24, 2.45) is 5.92 Å². The minimum absolute atomic E-state index is 0.145. The van der Waals surface area contributed by atoms with Gasteiger partial charge < -0.3 is 5.11 Å². The molecule has 1 saturated carbocycles. The predicted octanol–water partition coefficient (Wildman–Crippen LogP) is 6.84. The van der Waals surface area contributed by atoms with Crippen LogP contribution in [0.4, 0.5) is 0 Å². The van der Waals surface area contributed by atoms with Crippen molar-refractivity contribution < 1.29 is 14.7 Å². The average Bonchev–Trinajstić information content (AvgIpc) is 2.78. The highest BCUT2D eigenvalue weighted by atomic mass is 79.9. The van der Waals surface area contributed by atoms with Crippen molar-refractivity contribution in [1.29, 1.82) is 0 Å². The maximum atomic E-state index is 12.9. The fourth-order valence-corrected chi connectivity index (χ4v) is 6.92. The third-order valence-electron chi connectivity index (χ3n) is 8.13. The number of carbonyl (C=O) groups excluding carboxylic acids is 2. The summed E-state index contributed by atoms with van der Waals surface area (Å²) in [7, 11) is 0. The molecule has 0 aliphatic heterocycles. The third kappa shape index (κ3) is 4.41. The highest BCUT2D eigenvalue weighted by Crippen LogP contribution is 2.51. The highest BCUT2D eigenvalue weighted by molar-refractivity contribution is 9.10. The molecule has 2 bridgehead atoms. The average molecular weight is 576 g/mol. The highest BCUT2D eigenvalue weighted by Gasteiger charge is 2.56. The molecule has 3 unspecified atom stereocenters. The summed E-state index contributed by atoms with van der Waals surface area (Å²) in [6, 6.07) is 12.5.